The molecule has 0 saturated heterocycles. The van der Waals surface area contributed by atoms with Crippen LogP contribution in [0.25, 0.3) is 0 Å². The minimum Gasteiger partial charge on any atom is -0.484 e. The average molecular weight is 339 g/mol. The van der Waals surface area contributed by atoms with Gasteiger partial charge in [0, 0.05) is 0 Å². The summed E-state index contributed by atoms with van der Waals surface area (Å²) >= 11 is 11.9. The molecule has 0 unspecified atom stereocenters. The number of carbonyl (C=O) groups excluding carboxylic acids is 1. The lowest BCUT2D eigenvalue weighted by molar-refractivity contribution is -0.118. The van der Waals surface area contributed by atoms with E-state index in [9.17, 15) is 4.79 Å². The number of nitrogens with one attached hydrogen (secondary N) is 1. The molecule has 22 heavy (non-hydrogen) atoms. The molecule has 4 nitrogen and oxygen atoms in total. The van der Waals surface area contributed by atoms with Crippen molar-refractivity contribution in [1.29, 1.82) is 0 Å². The summed E-state index contributed by atoms with van der Waals surface area (Å²) in [6.45, 7) is 3.87. The van der Waals surface area contributed by atoms with Crippen molar-refractivity contribution < 1.29 is 9.53 Å². The fourth-order valence-electron chi connectivity index (χ4n) is 1.80. The van der Waals surface area contributed by atoms with E-state index < -0.39 is 0 Å². The zero-order chi connectivity index (χ0) is 16.3. The Labute approximate surface area is 139 Å². The molecule has 0 aromatic heterocycles. The number of hydrogen-bond donors (Lipinski definition) is 2. The summed E-state index contributed by atoms with van der Waals surface area (Å²) in [5.41, 5.74) is 8.65. The van der Waals surface area contributed by atoms with E-state index in [0.29, 0.717) is 27.2 Å². The molecular formula is C16H16Cl2N2O2. The number of ether oxygens (including phenoxy) is 1. The van der Waals surface area contributed by atoms with E-state index in [1.165, 1.54) is 17.7 Å². The van der Waals surface area contributed by atoms with Crippen molar-refractivity contribution in [2.45, 2.75) is 13.8 Å². The van der Waals surface area contributed by atoms with Crippen molar-refractivity contribution >= 4 is 40.5 Å². The lowest BCUT2D eigenvalue weighted by Gasteiger charge is -2.11. The van der Waals surface area contributed by atoms with Crippen molar-refractivity contribution in [3.05, 3.63) is 51.5 Å². The van der Waals surface area contributed by atoms with Gasteiger partial charge in [0.1, 0.15) is 5.75 Å². The van der Waals surface area contributed by atoms with Crippen molar-refractivity contribution in [2.75, 3.05) is 17.7 Å². The van der Waals surface area contributed by atoms with Gasteiger partial charge in [0.25, 0.3) is 5.91 Å². The van der Waals surface area contributed by atoms with Gasteiger partial charge in [-0.05, 0) is 49.2 Å². The van der Waals surface area contributed by atoms with Crippen LogP contribution in [-0.4, -0.2) is 12.5 Å². The van der Waals surface area contributed by atoms with Gasteiger partial charge in [-0.2, -0.15) is 0 Å². The molecule has 6 heteroatoms. The van der Waals surface area contributed by atoms with Gasteiger partial charge in [0.2, 0.25) is 0 Å². The molecule has 1 amide bonds. The smallest absolute Gasteiger partial charge is 0.262 e. The number of nitrogen functional groups attached to an aromatic ring is 1. The maximum atomic E-state index is 11.9. The zero-order valence-corrected chi connectivity index (χ0v) is 13.8. The minimum atomic E-state index is -0.332. The number of benzene rings is 2. The largest absolute Gasteiger partial charge is 0.484 e. The third-order valence-corrected chi connectivity index (χ3v) is 3.85. The summed E-state index contributed by atoms with van der Waals surface area (Å²) in [5.74, 6) is 0.306. The van der Waals surface area contributed by atoms with Gasteiger partial charge < -0.3 is 15.8 Å². The molecule has 116 valence electrons. The maximum absolute atomic E-state index is 11.9. The number of amides is 1. The van der Waals surface area contributed by atoms with Gasteiger partial charge in [-0.1, -0.05) is 29.3 Å². The Morgan fingerprint density at radius 3 is 2.55 bits per heavy atom. The Bertz CT molecular complexity index is 718. The first kappa shape index (κ1) is 16.5. The highest BCUT2D eigenvalue weighted by Crippen LogP contribution is 2.30. The molecule has 0 heterocycles. The normalized spacial score (nSPS) is 10.4. The highest BCUT2D eigenvalue weighted by atomic mass is 35.5. The second-order valence-corrected chi connectivity index (χ2v) is 5.75. The molecule has 0 bridgehead atoms. The Balaban J connectivity index is 1.98. The molecule has 3 N–H and O–H groups in total. The predicted molar refractivity (Wildman–Crippen MR) is 90.9 cm³/mol. The first-order chi connectivity index (χ1) is 10.4. The van der Waals surface area contributed by atoms with Crippen LogP contribution < -0.4 is 15.8 Å². The number of rotatable bonds is 4. The van der Waals surface area contributed by atoms with Crippen molar-refractivity contribution in [3.8, 4) is 5.75 Å². The number of nitrogens with two attached hydrogens (primary N) is 1. The van der Waals surface area contributed by atoms with E-state index >= 15 is 0 Å². The van der Waals surface area contributed by atoms with Gasteiger partial charge in [0.15, 0.2) is 6.61 Å². The molecule has 0 aliphatic heterocycles. The van der Waals surface area contributed by atoms with E-state index in [2.05, 4.69) is 5.32 Å². The summed E-state index contributed by atoms with van der Waals surface area (Å²) < 4.78 is 5.46. The van der Waals surface area contributed by atoms with Gasteiger partial charge in [-0.15, -0.1) is 0 Å². The van der Waals surface area contributed by atoms with Gasteiger partial charge in [0.05, 0.1) is 21.4 Å². The fraction of sp³-hybridized carbons (Fsp3) is 0.188. The van der Waals surface area contributed by atoms with Crippen LogP contribution in [0.3, 0.4) is 0 Å². The standard InChI is InChI=1S/C16H16Cl2N2O2/c1-9-3-4-11(5-10(9)2)22-8-16(21)20-15-7-12(17)14(19)6-13(15)18/h3-7H,8,19H2,1-2H3,(H,20,21). The predicted octanol–water partition coefficient (Wildman–Crippen LogP) is 4.21. The van der Waals surface area contributed by atoms with Gasteiger partial charge >= 0.3 is 0 Å². The molecule has 0 aliphatic rings. The van der Waals surface area contributed by atoms with Crippen LogP contribution in [0.1, 0.15) is 11.1 Å². The molecule has 0 saturated carbocycles. The molecule has 2 aromatic rings. The van der Waals surface area contributed by atoms with Crippen LogP contribution >= 0.6 is 23.2 Å². The van der Waals surface area contributed by atoms with Crippen LogP contribution in [0.4, 0.5) is 11.4 Å². The fourth-order valence-corrected chi connectivity index (χ4v) is 2.18. The van der Waals surface area contributed by atoms with Crippen LogP contribution in [-0.2, 0) is 4.79 Å². The molecule has 0 fully saturated rings. The Hall–Kier alpha value is -1.91. The summed E-state index contributed by atoms with van der Waals surface area (Å²) in [6.07, 6.45) is 0. The summed E-state index contributed by atoms with van der Waals surface area (Å²) in [7, 11) is 0. The monoisotopic (exact) mass is 338 g/mol. The molecule has 2 aromatic carbocycles. The van der Waals surface area contributed by atoms with Gasteiger partial charge in [-0.3, -0.25) is 4.79 Å². The zero-order valence-electron chi connectivity index (χ0n) is 12.2. The lowest BCUT2D eigenvalue weighted by atomic mass is 10.1. The van der Waals surface area contributed by atoms with E-state index in [4.69, 9.17) is 33.7 Å². The second kappa shape index (κ2) is 6.90. The highest BCUT2D eigenvalue weighted by Gasteiger charge is 2.10. The molecule has 0 aliphatic carbocycles. The number of hydrogen-bond acceptors (Lipinski definition) is 3. The quantitative estimate of drug-likeness (QED) is 0.820. The molecule has 0 atom stereocenters. The number of carbonyl (C=O) groups is 1. The number of halogens is 2. The third-order valence-electron chi connectivity index (χ3n) is 3.21. The first-order valence-electron chi connectivity index (χ1n) is 6.61. The maximum Gasteiger partial charge on any atom is 0.262 e. The van der Waals surface area contributed by atoms with Crippen molar-refractivity contribution in [2.24, 2.45) is 0 Å². The Kier molecular flexibility index (Phi) is 5.16. The summed E-state index contributed by atoms with van der Waals surface area (Å²) in [4.78, 5) is 11.9. The van der Waals surface area contributed by atoms with Crippen LogP contribution in [0.5, 0.6) is 5.75 Å². The molecule has 2 rings (SSSR count). The third kappa shape index (κ3) is 4.06. The average Bonchev–Trinajstić information content (AvgIpc) is 2.46. The molecule has 0 radical (unpaired) electrons. The topological polar surface area (TPSA) is 64.3 Å². The van der Waals surface area contributed by atoms with E-state index in [1.807, 2.05) is 32.0 Å². The van der Waals surface area contributed by atoms with Crippen LogP contribution in [0.15, 0.2) is 30.3 Å². The number of anilines is 2. The molecule has 0 spiro atoms. The van der Waals surface area contributed by atoms with E-state index in [0.717, 1.165) is 5.56 Å². The first-order valence-corrected chi connectivity index (χ1v) is 7.37. The number of aryl methyl sites for hydroxylation is 2. The van der Waals surface area contributed by atoms with Crippen LogP contribution in [0, 0.1) is 13.8 Å². The SMILES string of the molecule is Cc1ccc(OCC(=O)Nc2cc(Cl)c(N)cc2Cl)cc1C. The second-order valence-electron chi connectivity index (χ2n) is 4.94. The summed E-state index contributed by atoms with van der Waals surface area (Å²) in [6, 6.07) is 8.65. The van der Waals surface area contributed by atoms with E-state index in [-0.39, 0.29) is 12.5 Å². The van der Waals surface area contributed by atoms with Crippen molar-refractivity contribution in [3.63, 3.8) is 0 Å². The molecular weight excluding hydrogens is 323 g/mol. The Morgan fingerprint density at radius 1 is 1.14 bits per heavy atom. The van der Waals surface area contributed by atoms with Gasteiger partial charge in [-0.25, -0.2) is 0 Å². The van der Waals surface area contributed by atoms with Crippen LogP contribution in [0.2, 0.25) is 10.0 Å². The lowest BCUT2D eigenvalue weighted by Crippen LogP contribution is -2.20. The Morgan fingerprint density at radius 2 is 1.86 bits per heavy atom. The van der Waals surface area contributed by atoms with Crippen molar-refractivity contribution in [1.82, 2.24) is 0 Å². The van der Waals surface area contributed by atoms with E-state index in [1.54, 1.807) is 0 Å². The summed E-state index contributed by atoms with van der Waals surface area (Å²) in [5, 5.41) is 3.29. The highest BCUT2D eigenvalue weighted by molar-refractivity contribution is 6.37. The minimum absolute atomic E-state index is 0.124.